The third-order valence-corrected chi connectivity index (χ3v) is 3.47. The molecular weight excluding hydrogens is 301 g/mol. The molecule has 0 spiro atoms. The molecule has 2 aromatic heterocycles. The summed E-state index contributed by atoms with van der Waals surface area (Å²) in [6.45, 7) is 0.330. The molecule has 0 bridgehead atoms. The molecule has 0 atom stereocenters. The van der Waals surface area contributed by atoms with Crippen molar-refractivity contribution in [1.82, 2.24) is 9.38 Å². The number of aromatic carboxylic acids is 1. The second kappa shape index (κ2) is 5.96. The third kappa shape index (κ3) is 2.80. The van der Waals surface area contributed by atoms with Gasteiger partial charge in [-0.3, -0.25) is 4.40 Å². The van der Waals surface area contributed by atoms with Crippen molar-refractivity contribution in [3.63, 3.8) is 0 Å². The molecule has 3 rings (SSSR count). The number of aromatic nitrogens is 2. The predicted molar refractivity (Wildman–Crippen MR) is 82.4 cm³/mol. The number of hydrogen-bond donors (Lipinski definition) is 2. The van der Waals surface area contributed by atoms with Crippen LogP contribution in [0.25, 0.3) is 5.65 Å². The van der Waals surface area contributed by atoms with Crippen molar-refractivity contribution < 1.29 is 19.0 Å². The highest BCUT2D eigenvalue weighted by atomic mass is 19.1. The fourth-order valence-corrected chi connectivity index (χ4v) is 2.37. The van der Waals surface area contributed by atoms with Gasteiger partial charge < -0.3 is 15.2 Å². The minimum Gasteiger partial charge on any atom is -0.494 e. The minimum atomic E-state index is -1.06. The molecule has 118 valence electrons. The molecule has 6 nitrogen and oxygen atoms in total. The molecule has 2 heterocycles. The molecule has 0 aliphatic heterocycles. The zero-order chi connectivity index (χ0) is 16.4. The van der Waals surface area contributed by atoms with E-state index in [4.69, 9.17) is 4.74 Å². The Morgan fingerprint density at radius 2 is 2.22 bits per heavy atom. The van der Waals surface area contributed by atoms with Crippen LogP contribution >= 0.6 is 0 Å². The summed E-state index contributed by atoms with van der Waals surface area (Å²) in [4.78, 5) is 15.6. The number of carboxylic acids is 1. The fourth-order valence-electron chi connectivity index (χ4n) is 2.37. The Bertz CT molecular complexity index is 876. The molecule has 0 fully saturated rings. The number of fused-ring (bicyclic) bond motifs is 1. The van der Waals surface area contributed by atoms with Gasteiger partial charge in [-0.25, -0.2) is 14.2 Å². The van der Waals surface area contributed by atoms with Gasteiger partial charge in [0.15, 0.2) is 17.3 Å². The predicted octanol–water partition coefficient (Wildman–Crippen LogP) is 2.79. The van der Waals surface area contributed by atoms with Gasteiger partial charge in [-0.15, -0.1) is 0 Å². The lowest BCUT2D eigenvalue weighted by Gasteiger charge is -2.12. The largest absolute Gasteiger partial charge is 0.494 e. The summed E-state index contributed by atoms with van der Waals surface area (Å²) in [5.41, 5.74) is 1.86. The summed E-state index contributed by atoms with van der Waals surface area (Å²) < 4.78 is 19.8. The van der Waals surface area contributed by atoms with Crippen LogP contribution in [0.4, 0.5) is 10.1 Å². The molecule has 0 saturated heterocycles. The molecule has 3 aromatic rings. The Kier molecular flexibility index (Phi) is 3.84. The van der Waals surface area contributed by atoms with Gasteiger partial charge >= 0.3 is 5.97 Å². The zero-order valence-electron chi connectivity index (χ0n) is 12.3. The number of methoxy groups -OCH3 is 1. The van der Waals surface area contributed by atoms with E-state index in [0.717, 1.165) is 5.56 Å². The summed E-state index contributed by atoms with van der Waals surface area (Å²) in [7, 11) is 1.39. The van der Waals surface area contributed by atoms with E-state index in [1.165, 1.54) is 23.8 Å². The number of nitrogens with zero attached hydrogens (tertiary/aromatic N) is 2. The van der Waals surface area contributed by atoms with Crippen LogP contribution in [0, 0.1) is 5.82 Å². The Balaban J connectivity index is 1.90. The van der Waals surface area contributed by atoms with Gasteiger partial charge in [0.05, 0.1) is 12.8 Å². The number of benzene rings is 1. The van der Waals surface area contributed by atoms with Gasteiger partial charge in [-0.2, -0.15) is 0 Å². The lowest BCUT2D eigenvalue weighted by atomic mass is 10.2. The van der Waals surface area contributed by atoms with Crippen LogP contribution in [0.2, 0.25) is 0 Å². The molecule has 0 saturated carbocycles. The summed E-state index contributed by atoms with van der Waals surface area (Å²) >= 11 is 0. The molecule has 1 aromatic carbocycles. The van der Waals surface area contributed by atoms with Crippen molar-refractivity contribution in [2.24, 2.45) is 0 Å². The van der Waals surface area contributed by atoms with Crippen LogP contribution in [0.3, 0.4) is 0 Å². The molecule has 0 aliphatic rings. The lowest BCUT2D eigenvalue weighted by Crippen LogP contribution is -2.11. The summed E-state index contributed by atoms with van der Waals surface area (Å²) in [6.07, 6.45) is 3.13. The Morgan fingerprint density at radius 3 is 2.96 bits per heavy atom. The number of hydrogen-bond acceptors (Lipinski definition) is 4. The third-order valence-electron chi connectivity index (χ3n) is 3.47. The van der Waals surface area contributed by atoms with Crippen LogP contribution < -0.4 is 10.1 Å². The van der Waals surface area contributed by atoms with E-state index in [1.54, 1.807) is 30.5 Å². The van der Waals surface area contributed by atoms with E-state index in [2.05, 4.69) is 10.3 Å². The standard InChI is InChI=1S/C16H14FN3O3/c1-23-13-8-10(2-3-11(13)17)9-19-12-4-5-14-18-6-7-20(14)15(12)16(21)22/h2-8,19H,9H2,1H3,(H,21,22). The topological polar surface area (TPSA) is 75.9 Å². The maximum absolute atomic E-state index is 13.4. The van der Waals surface area contributed by atoms with E-state index in [9.17, 15) is 14.3 Å². The van der Waals surface area contributed by atoms with Gasteiger partial charge in [0.2, 0.25) is 0 Å². The van der Waals surface area contributed by atoms with Crippen molar-refractivity contribution in [1.29, 1.82) is 0 Å². The number of carbonyl (C=O) groups is 1. The van der Waals surface area contributed by atoms with Crippen LogP contribution in [-0.2, 0) is 6.54 Å². The second-order valence-electron chi connectivity index (χ2n) is 4.88. The highest BCUT2D eigenvalue weighted by molar-refractivity contribution is 5.93. The highest BCUT2D eigenvalue weighted by Gasteiger charge is 2.15. The second-order valence-corrected chi connectivity index (χ2v) is 4.88. The van der Waals surface area contributed by atoms with Crippen molar-refractivity contribution in [3.8, 4) is 5.75 Å². The van der Waals surface area contributed by atoms with E-state index in [0.29, 0.717) is 17.9 Å². The van der Waals surface area contributed by atoms with Crippen LogP contribution in [0.5, 0.6) is 5.75 Å². The smallest absolute Gasteiger partial charge is 0.355 e. The van der Waals surface area contributed by atoms with Crippen LogP contribution in [0.15, 0.2) is 42.7 Å². The molecule has 7 heteroatoms. The van der Waals surface area contributed by atoms with E-state index < -0.39 is 11.8 Å². The first-order chi connectivity index (χ1) is 11.1. The number of nitrogens with one attached hydrogen (secondary N) is 1. The maximum Gasteiger partial charge on any atom is 0.355 e. The van der Waals surface area contributed by atoms with Crippen molar-refractivity contribution in [2.45, 2.75) is 6.54 Å². The average molecular weight is 315 g/mol. The monoisotopic (exact) mass is 315 g/mol. The number of imidazole rings is 1. The number of halogens is 1. The highest BCUT2D eigenvalue weighted by Crippen LogP contribution is 2.21. The van der Waals surface area contributed by atoms with E-state index in [-0.39, 0.29) is 11.4 Å². The Labute approximate surface area is 131 Å². The number of anilines is 1. The number of rotatable bonds is 5. The quantitative estimate of drug-likeness (QED) is 0.757. The molecule has 2 N–H and O–H groups in total. The molecule has 0 unspecified atom stereocenters. The molecule has 0 aliphatic carbocycles. The lowest BCUT2D eigenvalue weighted by molar-refractivity contribution is 0.0690. The van der Waals surface area contributed by atoms with Gasteiger partial charge in [0.1, 0.15) is 5.65 Å². The number of ether oxygens (including phenoxy) is 1. The van der Waals surface area contributed by atoms with Gasteiger partial charge in [-0.05, 0) is 29.8 Å². The zero-order valence-corrected chi connectivity index (χ0v) is 12.3. The minimum absolute atomic E-state index is 0.0917. The van der Waals surface area contributed by atoms with Gasteiger partial charge in [-0.1, -0.05) is 6.07 Å². The van der Waals surface area contributed by atoms with Crippen LogP contribution in [0.1, 0.15) is 16.1 Å². The number of carboxylic acid groups (broad SMARTS) is 1. The maximum atomic E-state index is 13.4. The van der Waals surface area contributed by atoms with E-state index >= 15 is 0 Å². The molecule has 0 amide bonds. The van der Waals surface area contributed by atoms with Crippen LogP contribution in [-0.4, -0.2) is 27.6 Å². The molecule has 0 radical (unpaired) electrons. The summed E-state index contributed by atoms with van der Waals surface area (Å²) in [5.74, 6) is -1.36. The van der Waals surface area contributed by atoms with Crippen molar-refractivity contribution >= 4 is 17.3 Å². The summed E-state index contributed by atoms with van der Waals surface area (Å²) in [5, 5.41) is 12.5. The first-order valence-corrected chi connectivity index (χ1v) is 6.86. The molecular formula is C16H14FN3O3. The van der Waals surface area contributed by atoms with Crippen molar-refractivity contribution in [3.05, 3.63) is 59.8 Å². The first kappa shape index (κ1) is 14.8. The van der Waals surface area contributed by atoms with Gasteiger partial charge in [0.25, 0.3) is 0 Å². The first-order valence-electron chi connectivity index (χ1n) is 6.86. The Morgan fingerprint density at radius 1 is 1.39 bits per heavy atom. The SMILES string of the molecule is COc1cc(CNc2ccc3nccn3c2C(=O)O)ccc1F. The van der Waals surface area contributed by atoms with Crippen molar-refractivity contribution in [2.75, 3.05) is 12.4 Å². The normalized spacial score (nSPS) is 10.7. The number of pyridine rings is 1. The fraction of sp³-hybridized carbons (Fsp3) is 0.125. The van der Waals surface area contributed by atoms with E-state index in [1.807, 2.05) is 0 Å². The van der Waals surface area contributed by atoms with Gasteiger partial charge in [0, 0.05) is 18.9 Å². The summed E-state index contributed by atoms with van der Waals surface area (Å²) in [6, 6.07) is 7.87. The average Bonchev–Trinajstić information content (AvgIpc) is 3.01. The molecule has 23 heavy (non-hydrogen) atoms. The Hall–Kier alpha value is -3.09.